The molecule has 0 atom stereocenters. The maximum absolute atomic E-state index is 2.28. The quantitative estimate of drug-likeness (QED) is 0.430. The Labute approximate surface area is 155 Å². The summed E-state index contributed by atoms with van der Waals surface area (Å²) in [4.78, 5) is 0. The Morgan fingerprint density at radius 3 is 2.00 bits per heavy atom. The Balaban J connectivity index is 1.95. The molecule has 0 radical (unpaired) electrons. The van der Waals surface area contributed by atoms with Crippen molar-refractivity contribution in [2.45, 2.75) is 34.6 Å². The summed E-state index contributed by atoms with van der Waals surface area (Å²) >= 11 is 0. The highest BCUT2D eigenvalue weighted by atomic mass is 15.1. The second-order valence-corrected chi connectivity index (χ2v) is 7.48. The van der Waals surface area contributed by atoms with Crippen LogP contribution in [0.3, 0.4) is 0 Å². The van der Waals surface area contributed by atoms with Gasteiger partial charge in [0.1, 0.15) is 17.6 Å². The third kappa shape index (κ3) is 2.82. The van der Waals surface area contributed by atoms with E-state index in [9.17, 15) is 0 Å². The molecule has 0 bridgehead atoms. The number of fused-ring (bicyclic) bond motifs is 1. The van der Waals surface area contributed by atoms with Crippen LogP contribution in [0.4, 0.5) is 0 Å². The summed E-state index contributed by atoms with van der Waals surface area (Å²) in [6.45, 7) is 10.9. The fourth-order valence-electron chi connectivity index (χ4n) is 4.13. The summed E-state index contributed by atoms with van der Waals surface area (Å²) in [5.74, 6) is 0. The molecule has 0 fully saturated rings. The van der Waals surface area contributed by atoms with E-state index < -0.39 is 0 Å². The highest BCUT2D eigenvalue weighted by molar-refractivity contribution is 5.65. The van der Waals surface area contributed by atoms with Gasteiger partial charge in [0.25, 0.3) is 6.33 Å². The molecule has 2 heterocycles. The van der Waals surface area contributed by atoms with Crippen molar-refractivity contribution in [3.8, 4) is 16.9 Å². The molecular formula is C24H25N2+. The zero-order valence-electron chi connectivity index (χ0n) is 16.2. The van der Waals surface area contributed by atoms with E-state index in [0.717, 1.165) is 0 Å². The van der Waals surface area contributed by atoms with Gasteiger partial charge in [0.05, 0.1) is 0 Å². The van der Waals surface area contributed by atoms with Crippen LogP contribution in [0.1, 0.15) is 27.8 Å². The number of rotatable bonds is 2. The lowest BCUT2D eigenvalue weighted by Gasteiger charge is -2.07. The number of hydrogen-bond acceptors (Lipinski definition) is 0. The van der Waals surface area contributed by atoms with Gasteiger partial charge in [-0.25, -0.2) is 4.57 Å². The fourth-order valence-corrected chi connectivity index (χ4v) is 4.13. The first kappa shape index (κ1) is 16.6. The monoisotopic (exact) mass is 341 g/mol. The summed E-state index contributed by atoms with van der Waals surface area (Å²) < 4.78 is 4.54. The van der Waals surface area contributed by atoms with Gasteiger partial charge in [-0.3, -0.25) is 0 Å². The molecule has 0 spiro atoms. The summed E-state index contributed by atoms with van der Waals surface area (Å²) in [6, 6.07) is 17.7. The lowest BCUT2D eigenvalue weighted by atomic mass is 10.0. The maximum Gasteiger partial charge on any atom is 0.254 e. The standard InChI is InChI=1S/C24H25N2/c1-16-9-17(2)13-21(12-16)23-8-6-7-22-14-25(15-26(22)23)24-19(4)10-18(3)11-20(24)5/h6-15H,1-5H3/q+1. The van der Waals surface area contributed by atoms with Crippen molar-refractivity contribution in [1.82, 2.24) is 4.40 Å². The first-order valence-corrected chi connectivity index (χ1v) is 9.11. The van der Waals surface area contributed by atoms with E-state index in [1.165, 1.54) is 50.3 Å². The van der Waals surface area contributed by atoms with Crippen molar-refractivity contribution in [2.24, 2.45) is 0 Å². The van der Waals surface area contributed by atoms with Crippen LogP contribution in [-0.2, 0) is 0 Å². The van der Waals surface area contributed by atoms with Crippen LogP contribution >= 0.6 is 0 Å². The van der Waals surface area contributed by atoms with E-state index in [4.69, 9.17) is 0 Å². The van der Waals surface area contributed by atoms with Crippen LogP contribution in [0, 0.1) is 34.6 Å². The number of aromatic nitrogens is 2. The Bertz CT molecular complexity index is 1090. The summed E-state index contributed by atoms with van der Waals surface area (Å²) in [5.41, 5.74) is 11.4. The van der Waals surface area contributed by atoms with Crippen molar-refractivity contribution >= 4 is 5.52 Å². The Kier molecular flexibility index (Phi) is 3.91. The van der Waals surface area contributed by atoms with E-state index in [0.29, 0.717) is 0 Å². The van der Waals surface area contributed by atoms with Gasteiger partial charge in [0.2, 0.25) is 0 Å². The summed E-state index contributed by atoms with van der Waals surface area (Å²) in [7, 11) is 0. The zero-order valence-corrected chi connectivity index (χ0v) is 16.2. The third-order valence-electron chi connectivity index (χ3n) is 4.98. The van der Waals surface area contributed by atoms with Crippen molar-refractivity contribution in [3.05, 3.63) is 88.9 Å². The average molecular weight is 341 g/mol. The molecule has 0 saturated carbocycles. The van der Waals surface area contributed by atoms with Crippen LogP contribution in [0.15, 0.2) is 61.1 Å². The molecule has 0 aliphatic heterocycles. The Morgan fingerprint density at radius 2 is 1.35 bits per heavy atom. The smallest absolute Gasteiger partial charge is 0.201 e. The van der Waals surface area contributed by atoms with Gasteiger partial charge in [-0.2, -0.15) is 4.40 Å². The van der Waals surface area contributed by atoms with Crippen molar-refractivity contribution in [3.63, 3.8) is 0 Å². The van der Waals surface area contributed by atoms with Crippen LogP contribution in [-0.4, -0.2) is 4.40 Å². The number of nitrogens with zero attached hydrogens (tertiary/aromatic N) is 2. The van der Waals surface area contributed by atoms with E-state index in [1.54, 1.807) is 0 Å². The fraction of sp³-hybridized carbons (Fsp3) is 0.208. The average Bonchev–Trinajstić information content (AvgIpc) is 2.96. The van der Waals surface area contributed by atoms with Crippen molar-refractivity contribution in [2.75, 3.05) is 0 Å². The molecule has 2 nitrogen and oxygen atoms in total. The van der Waals surface area contributed by atoms with Gasteiger partial charge in [-0.15, -0.1) is 0 Å². The van der Waals surface area contributed by atoms with Crippen LogP contribution in [0.5, 0.6) is 0 Å². The largest absolute Gasteiger partial charge is 0.254 e. The minimum absolute atomic E-state index is 1.20. The minimum atomic E-state index is 1.20. The van der Waals surface area contributed by atoms with E-state index in [-0.39, 0.29) is 0 Å². The topological polar surface area (TPSA) is 8.29 Å². The van der Waals surface area contributed by atoms with Crippen LogP contribution in [0.2, 0.25) is 0 Å². The molecule has 0 amide bonds. The molecule has 26 heavy (non-hydrogen) atoms. The van der Waals surface area contributed by atoms with E-state index >= 15 is 0 Å². The predicted molar refractivity (Wildman–Crippen MR) is 108 cm³/mol. The predicted octanol–water partition coefficient (Wildman–Crippen LogP) is 5.43. The third-order valence-corrected chi connectivity index (χ3v) is 4.98. The lowest BCUT2D eigenvalue weighted by molar-refractivity contribution is -0.594. The van der Waals surface area contributed by atoms with E-state index in [1.807, 2.05) is 0 Å². The highest BCUT2D eigenvalue weighted by Gasteiger charge is 2.17. The molecule has 0 saturated heterocycles. The molecular weight excluding hydrogens is 316 g/mol. The maximum atomic E-state index is 2.28. The molecule has 0 unspecified atom stereocenters. The van der Waals surface area contributed by atoms with Crippen molar-refractivity contribution < 1.29 is 4.57 Å². The van der Waals surface area contributed by atoms with Crippen LogP contribution < -0.4 is 4.57 Å². The molecule has 2 aromatic carbocycles. The number of aryl methyl sites for hydroxylation is 5. The number of pyridine rings is 1. The van der Waals surface area contributed by atoms with Crippen molar-refractivity contribution in [1.29, 1.82) is 0 Å². The molecule has 0 N–H and O–H groups in total. The molecule has 0 aliphatic carbocycles. The molecule has 2 aromatic heterocycles. The number of imidazole rings is 1. The molecule has 4 aromatic rings. The van der Waals surface area contributed by atoms with Gasteiger partial charge < -0.3 is 0 Å². The van der Waals surface area contributed by atoms with Gasteiger partial charge in [0, 0.05) is 5.56 Å². The first-order chi connectivity index (χ1) is 12.4. The SMILES string of the molecule is Cc1cc(C)cc(-c2cccc3c[n+](-c4c(C)cc(C)cc4C)cn23)c1. The molecule has 2 heteroatoms. The normalized spacial score (nSPS) is 11.3. The zero-order chi connectivity index (χ0) is 18.4. The second kappa shape index (κ2) is 6.14. The Morgan fingerprint density at radius 1 is 0.731 bits per heavy atom. The van der Waals surface area contributed by atoms with Gasteiger partial charge >= 0.3 is 0 Å². The Hall–Kier alpha value is -2.87. The van der Waals surface area contributed by atoms with Crippen LogP contribution in [0.25, 0.3) is 22.5 Å². The number of hydrogen-bond donors (Lipinski definition) is 0. The molecule has 130 valence electrons. The summed E-state index contributed by atoms with van der Waals surface area (Å²) in [6.07, 6.45) is 4.42. The minimum Gasteiger partial charge on any atom is -0.201 e. The van der Waals surface area contributed by atoms with Gasteiger partial charge in [0.15, 0.2) is 5.52 Å². The second-order valence-electron chi connectivity index (χ2n) is 7.48. The molecule has 4 rings (SSSR count). The van der Waals surface area contributed by atoms with Gasteiger partial charge in [-0.05, 0) is 70.0 Å². The van der Waals surface area contributed by atoms with Gasteiger partial charge in [-0.1, -0.05) is 41.0 Å². The lowest BCUT2D eigenvalue weighted by Crippen LogP contribution is -2.29. The highest BCUT2D eigenvalue weighted by Crippen LogP contribution is 2.24. The molecule has 0 aliphatic rings. The van der Waals surface area contributed by atoms with E-state index in [2.05, 4.69) is 105 Å². The first-order valence-electron chi connectivity index (χ1n) is 9.11. The summed E-state index contributed by atoms with van der Waals surface area (Å²) in [5, 5.41) is 0. The number of benzene rings is 2.